The van der Waals surface area contributed by atoms with E-state index in [4.69, 9.17) is 0 Å². The number of hydrogen-bond donors (Lipinski definition) is 2. The second-order valence-electron chi connectivity index (χ2n) is 6.50. The average Bonchev–Trinajstić information content (AvgIpc) is 2.75. The summed E-state index contributed by atoms with van der Waals surface area (Å²) in [5, 5.41) is 5.54. The number of carbonyl (C=O) groups excluding carboxylic acids is 3. The monoisotopic (exact) mass is 393 g/mol. The van der Waals surface area contributed by atoms with Gasteiger partial charge in [0, 0.05) is 4.47 Å². The summed E-state index contributed by atoms with van der Waals surface area (Å²) < 4.78 is 0.761. The third kappa shape index (κ3) is 3.17. The number of urea groups is 1. The number of amides is 4. The number of nitrogens with one attached hydrogen (secondary N) is 2. The molecule has 1 aliphatic carbocycles. The summed E-state index contributed by atoms with van der Waals surface area (Å²) in [4.78, 5) is 38.1. The third-order valence-electron chi connectivity index (χ3n) is 4.65. The lowest BCUT2D eigenvalue weighted by Gasteiger charge is -2.30. The van der Waals surface area contributed by atoms with Crippen LogP contribution in [0.4, 0.5) is 10.5 Å². The van der Waals surface area contributed by atoms with Crippen LogP contribution in [0.1, 0.15) is 37.7 Å². The van der Waals surface area contributed by atoms with Gasteiger partial charge in [-0.2, -0.15) is 0 Å². The van der Waals surface area contributed by atoms with Gasteiger partial charge in [0.2, 0.25) is 5.91 Å². The molecular weight excluding hydrogens is 374 g/mol. The molecule has 1 spiro atoms. The molecule has 2 aliphatic rings. The maximum atomic E-state index is 12.6. The normalized spacial score (nSPS) is 19.5. The largest absolute Gasteiger partial charge is 0.325 e. The Labute approximate surface area is 149 Å². The number of aryl methyl sites for hydroxylation is 1. The molecule has 1 saturated carbocycles. The van der Waals surface area contributed by atoms with Gasteiger partial charge in [-0.3, -0.25) is 14.5 Å². The van der Waals surface area contributed by atoms with Gasteiger partial charge >= 0.3 is 6.03 Å². The molecular formula is C17H20BrN3O3. The van der Waals surface area contributed by atoms with Crippen LogP contribution in [0.5, 0.6) is 0 Å². The van der Waals surface area contributed by atoms with Crippen LogP contribution < -0.4 is 10.6 Å². The molecule has 0 atom stereocenters. The number of rotatable bonds is 3. The molecule has 24 heavy (non-hydrogen) atoms. The number of hydrogen-bond acceptors (Lipinski definition) is 3. The van der Waals surface area contributed by atoms with E-state index in [9.17, 15) is 14.4 Å². The van der Waals surface area contributed by atoms with Crippen molar-refractivity contribution in [1.29, 1.82) is 0 Å². The van der Waals surface area contributed by atoms with Gasteiger partial charge in [0.1, 0.15) is 12.1 Å². The van der Waals surface area contributed by atoms with Crippen LogP contribution in [0.15, 0.2) is 22.7 Å². The summed E-state index contributed by atoms with van der Waals surface area (Å²) >= 11 is 3.39. The van der Waals surface area contributed by atoms with E-state index in [0.717, 1.165) is 34.2 Å². The summed E-state index contributed by atoms with van der Waals surface area (Å²) in [5.74, 6) is -0.666. The van der Waals surface area contributed by atoms with Crippen LogP contribution in [0.2, 0.25) is 0 Å². The average molecular weight is 394 g/mol. The Kier molecular flexibility index (Phi) is 4.62. The molecule has 1 heterocycles. The van der Waals surface area contributed by atoms with E-state index in [-0.39, 0.29) is 12.5 Å². The molecule has 1 aromatic carbocycles. The Morgan fingerprint density at radius 3 is 2.67 bits per heavy atom. The minimum Gasteiger partial charge on any atom is -0.323 e. The molecule has 1 saturated heterocycles. The number of benzene rings is 1. The summed E-state index contributed by atoms with van der Waals surface area (Å²) in [5.41, 5.74) is 0.887. The molecule has 2 N–H and O–H groups in total. The van der Waals surface area contributed by atoms with E-state index in [1.54, 1.807) is 6.07 Å². The Hall–Kier alpha value is -1.89. The first-order valence-corrected chi connectivity index (χ1v) is 8.91. The first-order valence-electron chi connectivity index (χ1n) is 8.11. The topological polar surface area (TPSA) is 78.5 Å². The number of anilines is 1. The highest BCUT2D eigenvalue weighted by atomic mass is 79.9. The minimum absolute atomic E-state index is 0.271. The molecule has 128 valence electrons. The van der Waals surface area contributed by atoms with Crippen molar-refractivity contribution in [3.63, 3.8) is 0 Å². The molecule has 0 aromatic heterocycles. The van der Waals surface area contributed by atoms with Gasteiger partial charge in [0.05, 0.1) is 5.69 Å². The lowest BCUT2D eigenvalue weighted by Crippen LogP contribution is -2.48. The Balaban J connectivity index is 1.68. The molecule has 6 nitrogen and oxygen atoms in total. The molecule has 4 amide bonds. The molecule has 0 unspecified atom stereocenters. The zero-order valence-corrected chi connectivity index (χ0v) is 15.1. The summed E-state index contributed by atoms with van der Waals surface area (Å²) in [6.07, 6.45) is 4.22. The van der Waals surface area contributed by atoms with E-state index < -0.39 is 17.5 Å². The van der Waals surface area contributed by atoms with Gasteiger partial charge in [-0.1, -0.05) is 25.3 Å². The van der Waals surface area contributed by atoms with Crippen molar-refractivity contribution >= 4 is 39.5 Å². The van der Waals surface area contributed by atoms with Crippen LogP contribution in [0.25, 0.3) is 0 Å². The number of imide groups is 1. The zero-order chi connectivity index (χ0) is 17.3. The standard InChI is InChI=1S/C17H20BrN3O3/c1-11-5-6-13(12(18)9-11)19-14(22)10-21-15(23)17(20-16(21)24)7-3-2-4-8-17/h5-6,9H,2-4,7-8,10H2,1H3,(H,19,22)(H,20,24). The fraction of sp³-hybridized carbons (Fsp3) is 0.471. The molecule has 2 fully saturated rings. The maximum absolute atomic E-state index is 12.6. The van der Waals surface area contributed by atoms with Crippen LogP contribution in [0.3, 0.4) is 0 Å². The second-order valence-corrected chi connectivity index (χ2v) is 7.35. The van der Waals surface area contributed by atoms with E-state index in [2.05, 4.69) is 26.6 Å². The van der Waals surface area contributed by atoms with Gasteiger partial charge in [0.15, 0.2) is 0 Å². The summed E-state index contributed by atoms with van der Waals surface area (Å²) in [6.45, 7) is 1.68. The van der Waals surface area contributed by atoms with Gasteiger partial charge in [-0.25, -0.2) is 4.79 Å². The highest BCUT2D eigenvalue weighted by Crippen LogP contribution is 2.33. The van der Waals surface area contributed by atoms with Crippen molar-refractivity contribution < 1.29 is 14.4 Å². The van der Waals surface area contributed by atoms with Crippen molar-refractivity contribution in [2.75, 3.05) is 11.9 Å². The number of halogens is 1. The van der Waals surface area contributed by atoms with E-state index in [0.29, 0.717) is 18.5 Å². The summed E-state index contributed by atoms with van der Waals surface area (Å²) in [6, 6.07) is 5.08. The van der Waals surface area contributed by atoms with E-state index in [1.165, 1.54) is 0 Å². The maximum Gasteiger partial charge on any atom is 0.325 e. The SMILES string of the molecule is Cc1ccc(NC(=O)CN2C(=O)NC3(CCCCC3)C2=O)c(Br)c1. The Bertz CT molecular complexity index is 698. The predicted octanol–water partition coefficient (Wildman–Crippen LogP) is 2.95. The van der Waals surface area contributed by atoms with Crippen LogP contribution in [-0.4, -0.2) is 34.8 Å². The first kappa shape index (κ1) is 17.0. The van der Waals surface area contributed by atoms with Crippen molar-refractivity contribution in [2.45, 2.75) is 44.6 Å². The fourth-order valence-corrected chi connectivity index (χ4v) is 3.96. The van der Waals surface area contributed by atoms with Crippen molar-refractivity contribution in [3.8, 4) is 0 Å². The molecule has 3 rings (SSSR count). The lowest BCUT2D eigenvalue weighted by molar-refractivity contribution is -0.134. The van der Waals surface area contributed by atoms with Gasteiger partial charge in [-0.15, -0.1) is 0 Å². The third-order valence-corrected chi connectivity index (χ3v) is 5.31. The van der Waals surface area contributed by atoms with Gasteiger partial charge < -0.3 is 10.6 Å². The number of carbonyl (C=O) groups is 3. The van der Waals surface area contributed by atoms with E-state index >= 15 is 0 Å². The highest BCUT2D eigenvalue weighted by molar-refractivity contribution is 9.10. The predicted molar refractivity (Wildman–Crippen MR) is 93.6 cm³/mol. The van der Waals surface area contributed by atoms with E-state index in [1.807, 2.05) is 19.1 Å². The zero-order valence-electron chi connectivity index (χ0n) is 13.5. The molecule has 1 aliphatic heterocycles. The Morgan fingerprint density at radius 2 is 2.00 bits per heavy atom. The molecule has 7 heteroatoms. The minimum atomic E-state index is -0.792. The summed E-state index contributed by atoms with van der Waals surface area (Å²) in [7, 11) is 0. The number of nitrogens with zero attached hydrogens (tertiary/aromatic N) is 1. The van der Waals surface area contributed by atoms with Crippen molar-refractivity contribution in [2.24, 2.45) is 0 Å². The second kappa shape index (κ2) is 6.55. The molecule has 0 bridgehead atoms. The van der Waals surface area contributed by atoms with Gasteiger partial charge in [0.25, 0.3) is 5.91 Å². The van der Waals surface area contributed by atoms with Crippen LogP contribution in [-0.2, 0) is 9.59 Å². The smallest absolute Gasteiger partial charge is 0.323 e. The first-order chi connectivity index (χ1) is 11.4. The van der Waals surface area contributed by atoms with Gasteiger partial charge in [-0.05, 0) is 53.4 Å². The van der Waals surface area contributed by atoms with Crippen LogP contribution in [0, 0.1) is 6.92 Å². The van der Waals surface area contributed by atoms with Crippen LogP contribution >= 0.6 is 15.9 Å². The highest BCUT2D eigenvalue weighted by Gasteiger charge is 2.51. The van der Waals surface area contributed by atoms with Crippen molar-refractivity contribution in [1.82, 2.24) is 10.2 Å². The quantitative estimate of drug-likeness (QED) is 0.774. The Morgan fingerprint density at radius 1 is 1.29 bits per heavy atom. The van der Waals surface area contributed by atoms with Crippen molar-refractivity contribution in [3.05, 3.63) is 28.2 Å². The molecule has 1 aromatic rings. The molecule has 0 radical (unpaired) electrons. The fourth-order valence-electron chi connectivity index (χ4n) is 3.37. The lowest BCUT2D eigenvalue weighted by atomic mass is 9.82.